The smallest absolute Gasteiger partial charge is 0.149 e. The van der Waals surface area contributed by atoms with Crippen molar-refractivity contribution in [3.63, 3.8) is 0 Å². The molecule has 1 atom stereocenters. The van der Waals surface area contributed by atoms with Crippen molar-refractivity contribution in [1.82, 2.24) is 4.98 Å². The summed E-state index contributed by atoms with van der Waals surface area (Å²) in [5.74, 6) is 0.851. The second kappa shape index (κ2) is 5.46. The minimum Gasteiger partial charge on any atom is -0.358 e. The first-order valence-electron chi connectivity index (χ1n) is 5.40. The Morgan fingerprint density at radius 2 is 2.18 bits per heavy atom. The second-order valence-electron chi connectivity index (χ2n) is 4.26. The van der Waals surface area contributed by atoms with Crippen LogP contribution in [0, 0.1) is 0 Å². The minimum absolute atomic E-state index is 0.110. The Morgan fingerprint density at radius 1 is 1.53 bits per heavy atom. The summed E-state index contributed by atoms with van der Waals surface area (Å²) in [5.41, 5.74) is 6.77. The molecule has 0 bridgehead atoms. The van der Waals surface area contributed by atoms with Gasteiger partial charge in [0, 0.05) is 37.7 Å². The van der Waals surface area contributed by atoms with Gasteiger partial charge in [-0.1, -0.05) is 6.07 Å². The van der Waals surface area contributed by atoms with E-state index in [1.807, 2.05) is 31.0 Å². The summed E-state index contributed by atoms with van der Waals surface area (Å²) >= 11 is 0. The quantitative estimate of drug-likeness (QED) is 0.835. The molecule has 2 N–H and O–H groups in total. The first kappa shape index (κ1) is 13.9. The third-order valence-corrected chi connectivity index (χ3v) is 3.39. The molecule has 17 heavy (non-hydrogen) atoms. The molecule has 1 aromatic rings. The molecule has 0 aliphatic carbocycles. The fourth-order valence-electron chi connectivity index (χ4n) is 1.49. The number of hydrogen-bond donors (Lipinski definition) is 1. The lowest BCUT2D eigenvalue weighted by molar-refractivity contribution is 0.601. The van der Waals surface area contributed by atoms with E-state index in [1.165, 1.54) is 6.26 Å². The summed E-state index contributed by atoms with van der Waals surface area (Å²) in [6, 6.07) is 3.61. The van der Waals surface area contributed by atoms with Crippen molar-refractivity contribution in [3.05, 3.63) is 23.9 Å². The molecule has 0 aliphatic rings. The molecule has 5 nitrogen and oxygen atoms in total. The first-order valence-corrected chi connectivity index (χ1v) is 7.46. The zero-order valence-electron chi connectivity index (χ0n) is 10.4. The van der Waals surface area contributed by atoms with Gasteiger partial charge in [0.1, 0.15) is 15.7 Å². The first-order chi connectivity index (χ1) is 7.81. The number of hydrogen-bond acceptors (Lipinski definition) is 5. The number of nitrogens with two attached hydrogens (primary N) is 1. The van der Waals surface area contributed by atoms with Crippen LogP contribution in [0.2, 0.25) is 0 Å². The molecule has 0 amide bonds. The molecule has 6 heteroatoms. The molecule has 96 valence electrons. The van der Waals surface area contributed by atoms with Crippen LogP contribution in [0.15, 0.2) is 18.3 Å². The van der Waals surface area contributed by atoms with E-state index in [4.69, 9.17) is 5.73 Å². The highest BCUT2D eigenvalue weighted by atomic mass is 32.2. The van der Waals surface area contributed by atoms with Crippen molar-refractivity contribution in [3.8, 4) is 0 Å². The van der Waals surface area contributed by atoms with E-state index in [0.717, 1.165) is 11.4 Å². The highest BCUT2D eigenvalue weighted by molar-refractivity contribution is 7.90. The van der Waals surface area contributed by atoms with E-state index < -0.39 is 9.84 Å². The van der Waals surface area contributed by atoms with Crippen LogP contribution < -0.4 is 10.6 Å². The van der Waals surface area contributed by atoms with Gasteiger partial charge >= 0.3 is 0 Å². The predicted molar refractivity (Wildman–Crippen MR) is 69.8 cm³/mol. The monoisotopic (exact) mass is 257 g/mol. The average Bonchev–Trinajstić information content (AvgIpc) is 2.25. The zero-order valence-corrected chi connectivity index (χ0v) is 11.2. The molecule has 1 heterocycles. The van der Waals surface area contributed by atoms with Crippen LogP contribution in [0.1, 0.15) is 18.5 Å². The molecular formula is C11H19N3O2S. The lowest BCUT2D eigenvalue weighted by Gasteiger charge is -2.22. The van der Waals surface area contributed by atoms with Crippen LogP contribution in [0.3, 0.4) is 0 Å². The molecule has 0 unspecified atom stereocenters. The molecule has 0 aromatic carbocycles. The third kappa shape index (κ3) is 4.32. The summed E-state index contributed by atoms with van der Waals surface area (Å²) < 4.78 is 22.2. The van der Waals surface area contributed by atoms with E-state index in [9.17, 15) is 8.42 Å². The molecule has 1 aromatic heterocycles. The number of anilines is 1. The van der Waals surface area contributed by atoms with Crippen molar-refractivity contribution in [2.24, 2.45) is 5.73 Å². The third-order valence-electron chi connectivity index (χ3n) is 2.47. The highest BCUT2D eigenvalue weighted by Gasteiger charge is 2.13. The Morgan fingerprint density at radius 3 is 2.71 bits per heavy atom. The summed E-state index contributed by atoms with van der Waals surface area (Å²) in [6.07, 6.45) is 2.91. The number of aromatic nitrogens is 1. The maximum Gasteiger partial charge on any atom is 0.149 e. The molecule has 0 fully saturated rings. The van der Waals surface area contributed by atoms with Gasteiger partial charge in [-0.3, -0.25) is 0 Å². The molecular weight excluding hydrogens is 238 g/mol. The second-order valence-corrected chi connectivity index (χ2v) is 6.52. The zero-order chi connectivity index (χ0) is 13.1. The normalized spacial score (nSPS) is 13.4. The van der Waals surface area contributed by atoms with Gasteiger partial charge in [0.15, 0.2) is 0 Å². The molecule has 0 radical (unpaired) electrons. The SMILES string of the molecule is C[C@H](N)c1cccnc1N(C)CCS(C)(=O)=O. The van der Waals surface area contributed by atoms with Crippen LogP contribution >= 0.6 is 0 Å². The molecule has 0 aliphatic heterocycles. The Kier molecular flexibility index (Phi) is 4.47. The maximum absolute atomic E-state index is 11.1. The molecule has 1 rings (SSSR count). The van der Waals surface area contributed by atoms with Gasteiger partial charge < -0.3 is 10.6 Å². The Hall–Kier alpha value is -1.14. The van der Waals surface area contributed by atoms with Gasteiger partial charge in [0.25, 0.3) is 0 Å². The molecule has 0 spiro atoms. The van der Waals surface area contributed by atoms with E-state index >= 15 is 0 Å². The number of pyridine rings is 1. The lowest BCUT2D eigenvalue weighted by Crippen LogP contribution is -2.27. The standard InChI is InChI=1S/C11H19N3O2S/c1-9(12)10-5-4-6-13-11(10)14(2)7-8-17(3,15)16/h4-6,9H,7-8,12H2,1-3H3/t9-/m0/s1. The van der Waals surface area contributed by atoms with Crippen LogP contribution in [0.4, 0.5) is 5.82 Å². The lowest BCUT2D eigenvalue weighted by atomic mass is 10.1. The summed E-state index contributed by atoms with van der Waals surface area (Å²) in [4.78, 5) is 6.07. The predicted octanol–water partition coefficient (Wildman–Crippen LogP) is 0.582. The van der Waals surface area contributed by atoms with Crippen molar-refractivity contribution in [2.75, 3.05) is 30.5 Å². The van der Waals surface area contributed by atoms with Crippen LogP contribution in [-0.4, -0.2) is 39.0 Å². The summed E-state index contributed by atoms with van der Waals surface area (Å²) in [7, 11) is -1.14. The number of sulfone groups is 1. The van der Waals surface area contributed by atoms with Crippen molar-refractivity contribution < 1.29 is 8.42 Å². The van der Waals surface area contributed by atoms with Crippen molar-refractivity contribution in [1.29, 1.82) is 0 Å². The van der Waals surface area contributed by atoms with Gasteiger partial charge in [0.2, 0.25) is 0 Å². The minimum atomic E-state index is -2.96. The number of rotatable bonds is 5. The Bertz CT molecular complexity index is 471. The molecule has 0 saturated carbocycles. The van der Waals surface area contributed by atoms with Crippen molar-refractivity contribution in [2.45, 2.75) is 13.0 Å². The van der Waals surface area contributed by atoms with Gasteiger partial charge in [0.05, 0.1) is 5.75 Å². The van der Waals surface area contributed by atoms with E-state index in [-0.39, 0.29) is 11.8 Å². The summed E-state index contributed by atoms with van der Waals surface area (Å²) in [6.45, 7) is 2.29. The highest BCUT2D eigenvalue weighted by Crippen LogP contribution is 2.20. The van der Waals surface area contributed by atoms with E-state index in [1.54, 1.807) is 6.20 Å². The van der Waals surface area contributed by atoms with E-state index in [0.29, 0.717) is 6.54 Å². The molecule has 0 saturated heterocycles. The van der Waals surface area contributed by atoms with Crippen molar-refractivity contribution >= 4 is 15.7 Å². The van der Waals surface area contributed by atoms with Gasteiger partial charge in [-0.05, 0) is 13.0 Å². The maximum atomic E-state index is 11.1. The Balaban J connectivity index is 2.85. The van der Waals surface area contributed by atoms with Crippen LogP contribution in [0.25, 0.3) is 0 Å². The fraction of sp³-hybridized carbons (Fsp3) is 0.545. The van der Waals surface area contributed by atoms with Gasteiger partial charge in [-0.25, -0.2) is 13.4 Å². The van der Waals surface area contributed by atoms with Crippen LogP contribution in [0.5, 0.6) is 0 Å². The van der Waals surface area contributed by atoms with Gasteiger partial charge in [-0.15, -0.1) is 0 Å². The number of nitrogens with zero attached hydrogens (tertiary/aromatic N) is 2. The topological polar surface area (TPSA) is 76.3 Å². The summed E-state index contributed by atoms with van der Waals surface area (Å²) in [5, 5.41) is 0. The van der Waals surface area contributed by atoms with Gasteiger partial charge in [-0.2, -0.15) is 0 Å². The average molecular weight is 257 g/mol. The Labute approximate surface area is 103 Å². The van der Waals surface area contributed by atoms with Crippen LogP contribution in [-0.2, 0) is 9.84 Å². The fourth-order valence-corrected chi connectivity index (χ4v) is 2.10. The van der Waals surface area contributed by atoms with E-state index in [2.05, 4.69) is 4.98 Å². The largest absolute Gasteiger partial charge is 0.358 e.